The summed E-state index contributed by atoms with van der Waals surface area (Å²) in [7, 11) is 0. The van der Waals surface area contributed by atoms with Gasteiger partial charge in [-0.25, -0.2) is 4.79 Å². The number of hydrogen-bond donors (Lipinski definition) is 3. The lowest BCUT2D eigenvalue weighted by Gasteiger charge is -2.01. The number of benzene rings is 1. The molecule has 0 saturated heterocycles. The normalized spacial score (nSPS) is 10.5. The zero-order valence-corrected chi connectivity index (χ0v) is 15.3. The van der Waals surface area contributed by atoms with Gasteiger partial charge in [0.25, 0.3) is 5.91 Å². The van der Waals surface area contributed by atoms with Crippen molar-refractivity contribution in [3.05, 3.63) is 41.5 Å². The molecule has 0 fully saturated rings. The van der Waals surface area contributed by atoms with Crippen molar-refractivity contribution in [3.63, 3.8) is 0 Å². The highest BCUT2D eigenvalue weighted by Crippen LogP contribution is 2.42. The minimum atomic E-state index is -0.577. The second kappa shape index (κ2) is 7.50. The van der Waals surface area contributed by atoms with E-state index < -0.39 is 5.97 Å². The molecule has 10 heteroatoms. The number of esters is 1. The van der Waals surface area contributed by atoms with Gasteiger partial charge in [0, 0.05) is 5.56 Å². The van der Waals surface area contributed by atoms with Crippen molar-refractivity contribution in [1.82, 2.24) is 10.2 Å². The van der Waals surface area contributed by atoms with Gasteiger partial charge in [-0.2, -0.15) is 0 Å². The van der Waals surface area contributed by atoms with E-state index in [9.17, 15) is 9.59 Å². The number of amides is 1. The van der Waals surface area contributed by atoms with Crippen LogP contribution in [0.1, 0.15) is 27.6 Å². The second-order valence-corrected chi connectivity index (χ2v) is 7.07. The molecular formula is C16H15N5O3S2. The number of hydrogen-bond acceptors (Lipinski definition) is 9. The summed E-state index contributed by atoms with van der Waals surface area (Å²) in [5.74, 6) is -0.869. The third-order valence-electron chi connectivity index (χ3n) is 3.33. The van der Waals surface area contributed by atoms with Gasteiger partial charge >= 0.3 is 5.97 Å². The Morgan fingerprint density at radius 3 is 2.58 bits per heavy atom. The Balaban J connectivity index is 1.83. The lowest BCUT2D eigenvalue weighted by atomic mass is 10.2. The van der Waals surface area contributed by atoms with Crippen LogP contribution in [0, 0.1) is 0 Å². The first-order chi connectivity index (χ1) is 12.5. The summed E-state index contributed by atoms with van der Waals surface area (Å²) < 4.78 is 4.96. The first kappa shape index (κ1) is 17.8. The van der Waals surface area contributed by atoms with Gasteiger partial charge in [0.2, 0.25) is 5.13 Å². The van der Waals surface area contributed by atoms with E-state index in [0.717, 1.165) is 22.7 Å². The van der Waals surface area contributed by atoms with Crippen molar-refractivity contribution in [3.8, 4) is 9.88 Å². The Kier molecular flexibility index (Phi) is 5.14. The highest BCUT2D eigenvalue weighted by atomic mass is 32.1. The predicted octanol–water partition coefficient (Wildman–Crippen LogP) is 2.86. The number of nitrogen functional groups attached to an aromatic ring is 2. The van der Waals surface area contributed by atoms with Crippen LogP contribution in [0.2, 0.25) is 0 Å². The quantitative estimate of drug-likeness (QED) is 0.571. The smallest absolute Gasteiger partial charge is 0.343 e. The molecule has 134 valence electrons. The molecule has 5 N–H and O–H groups in total. The molecule has 3 aromatic rings. The zero-order chi connectivity index (χ0) is 18.7. The molecule has 0 aliphatic heterocycles. The highest BCUT2D eigenvalue weighted by molar-refractivity contribution is 7.26. The molecule has 0 bridgehead atoms. The fraction of sp³-hybridized carbons (Fsp3) is 0.125. The maximum atomic E-state index is 12.2. The van der Waals surface area contributed by atoms with Gasteiger partial charge in [-0.05, 0) is 19.1 Å². The largest absolute Gasteiger partial charge is 0.462 e. The highest BCUT2D eigenvalue weighted by Gasteiger charge is 2.24. The van der Waals surface area contributed by atoms with E-state index in [0.29, 0.717) is 20.6 Å². The first-order valence-corrected chi connectivity index (χ1v) is 9.19. The third kappa shape index (κ3) is 3.51. The van der Waals surface area contributed by atoms with Gasteiger partial charge in [0.15, 0.2) is 5.01 Å². The molecular weight excluding hydrogens is 374 g/mol. The molecule has 1 amide bonds. The lowest BCUT2D eigenvalue weighted by Crippen LogP contribution is -2.11. The van der Waals surface area contributed by atoms with Gasteiger partial charge in [-0.15, -0.1) is 21.5 Å². The van der Waals surface area contributed by atoms with E-state index in [1.807, 2.05) is 6.07 Å². The number of anilines is 3. The van der Waals surface area contributed by atoms with Gasteiger partial charge in [0.1, 0.15) is 10.6 Å². The first-order valence-electron chi connectivity index (χ1n) is 7.56. The monoisotopic (exact) mass is 389 g/mol. The van der Waals surface area contributed by atoms with Crippen molar-refractivity contribution in [2.24, 2.45) is 0 Å². The van der Waals surface area contributed by atoms with Gasteiger partial charge < -0.3 is 16.2 Å². The summed E-state index contributed by atoms with van der Waals surface area (Å²) in [6.07, 6.45) is 0. The van der Waals surface area contributed by atoms with E-state index in [4.69, 9.17) is 16.2 Å². The number of nitrogens with one attached hydrogen (secondary N) is 1. The van der Waals surface area contributed by atoms with Crippen LogP contribution in [-0.4, -0.2) is 28.7 Å². The molecule has 0 spiro atoms. The Morgan fingerprint density at radius 2 is 1.88 bits per heavy atom. The minimum absolute atomic E-state index is 0.136. The van der Waals surface area contributed by atoms with Crippen molar-refractivity contribution < 1.29 is 14.3 Å². The van der Waals surface area contributed by atoms with Gasteiger partial charge in [-0.1, -0.05) is 29.5 Å². The molecule has 0 atom stereocenters. The summed E-state index contributed by atoms with van der Waals surface area (Å²) in [4.78, 5) is 24.7. The van der Waals surface area contributed by atoms with E-state index >= 15 is 0 Å². The summed E-state index contributed by atoms with van der Waals surface area (Å²) in [5.41, 5.74) is 12.8. The van der Waals surface area contributed by atoms with Crippen LogP contribution in [0.5, 0.6) is 0 Å². The molecule has 0 saturated carbocycles. The molecule has 2 aromatic heterocycles. The molecule has 2 heterocycles. The van der Waals surface area contributed by atoms with Crippen molar-refractivity contribution in [2.45, 2.75) is 6.92 Å². The molecule has 0 unspecified atom stereocenters. The SMILES string of the molecule is CCOC(=O)c1c(N)sc(-c2nnc(NC(=O)c3ccccc3)s2)c1N. The zero-order valence-electron chi connectivity index (χ0n) is 13.7. The number of ether oxygens (including phenoxy) is 1. The summed E-state index contributed by atoms with van der Waals surface area (Å²) in [6.45, 7) is 1.92. The summed E-state index contributed by atoms with van der Waals surface area (Å²) >= 11 is 2.26. The molecule has 0 aliphatic carbocycles. The van der Waals surface area contributed by atoms with Crippen molar-refractivity contribution in [1.29, 1.82) is 0 Å². The van der Waals surface area contributed by atoms with Crippen LogP contribution in [0.3, 0.4) is 0 Å². The molecule has 3 rings (SSSR count). The molecule has 26 heavy (non-hydrogen) atoms. The number of nitrogens with two attached hydrogens (primary N) is 2. The number of carbonyl (C=O) groups is 2. The summed E-state index contributed by atoms with van der Waals surface area (Å²) in [6, 6.07) is 8.76. The number of aromatic nitrogens is 2. The lowest BCUT2D eigenvalue weighted by molar-refractivity contribution is 0.0529. The van der Waals surface area contributed by atoms with E-state index in [-0.39, 0.29) is 28.8 Å². The van der Waals surface area contributed by atoms with E-state index in [2.05, 4.69) is 15.5 Å². The Bertz CT molecular complexity index is 952. The van der Waals surface area contributed by atoms with Crippen LogP contribution in [0.4, 0.5) is 15.8 Å². The van der Waals surface area contributed by atoms with Crippen LogP contribution < -0.4 is 16.8 Å². The Labute approximate surface area is 156 Å². The number of thiophene rings is 1. The molecule has 8 nitrogen and oxygen atoms in total. The average molecular weight is 389 g/mol. The van der Waals surface area contributed by atoms with Crippen LogP contribution >= 0.6 is 22.7 Å². The van der Waals surface area contributed by atoms with Gasteiger partial charge in [0.05, 0.1) is 17.2 Å². The number of nitrogens with zero attached hydrogens (tertiary/aromatic N) is 2. The predicted molar refractivity (Wildman–Crippen MR) is 102 cm³/mol. The Morgan fingerprint density at radius 1 is 1.15 bits per heavy atom. The van der Waals surface area contributed by atoms with E-state index in [1.54, 1.807) is 31.2 Å². The average Bonchev–Trinajstić information content (AvgIpc) is 3.20. The van der Waals surface area contributed by atoms with Crippen LogP contribution in [0.25, 0.3) is 9.88 Å². The van der Waals surface area contributed by atoms with Crippen molar-refractivity contribution >= 4 is 50.4 Å². The standard InChI is InChI=1S/C16H15N5O3S2/c1-2-24-15(23)9-10(17)11(25-12(9)18)14-20-21-16(26-14)19-13(22)8-6-4-3-5-7-8/h3-7H,2,17-18H2,1H3,(H,19,21,22). The fourth-order valence-corrected chi connectivity index (χ4v) is 3.96. The molecule has 0 aliphatic rings. The maximum absolute atomic E-state index is 12.2. The maximum Gasteiger partial charge on any atom is 0.343 e. The minimum Gasteiger partial charge on any atom is -0.462 e. The van der Waals surface area contributed by atoms with E-state index in [1.165, 1.54) is 0 Å². The fourth-order valence-electron chi connectivity index (χ4n) is 2.16. The summed E-state index contributed by atoms with van der Waals surface area (Å²) in [5, 5.41) is 11.7. The van der Waals surface area contributed by atoms with Crippen molar-refractivity contribution in [2.75, 3.05) is 23.4 Å². The second-order valence-electron chi connectivity index (χ2n) is 5.04. The molecule has 0 radical (unpaired) electrons. The van der Waals surface area contributed by atoms with Gasteiger partial charge in [-0.3, -0.25) is 10.1 Å². The Hall–Kier alpha value is -2.98. The number of rotatable bonds is 5. The molecule has 1 aromatic carbocycles. The third-order valence-corrected chi connectivity index (χ3v) is 5.35. The topological polar surface area (TPSA) is 133 Å². The van der Waals surface area contributed by atoms with Crippen LogP contribution in [-0.2, 0) is 4.74 Å². The number of carbonyl (C=O) groups excluding carboxylic acids is 2. The van der Waals surface area contributed by atoms with Crippen LogP contribution in [0.15, 0.2) is 30.3 Å².